The lowest BCUT2D eigenvalue weighted by atomic mass is 10.1. The van der Waals surface area contributed by atoms with Gasteiger partial charge in [-0.05, 0) is 26.2 Å². The second-order valence-corrected chi connectivity index (χ2v) is 5.29. The van der Waals surface area contributed by atoms with Crippen LogP contribution >= 0.6 is 11.3 Å². The molecule has 0 amide bonds. The van der Waals surface area contributed by atoms with Gasteiger partial charge in [0.25, 0.3) is 0 Å². The molecule has 1 aromatic rings. The third-order valence-electron chi connectivity index (χ3n) is 2.98. The molecule has 0 aromatic carbocycles. The summed E-state index contributed by atoms with van der Waals surface area (Å²) in [6, 6.07) is -0.281. The van der Waals surface area contributed by atoms with Crippen molar-refractivity contribution < 1.29 is 5.11 Å². The third kappa shape index (κ3) is 2.36. The molecule has 1 saturated heterocycles. The van der Waals surface area contributed by atoms with Crippen LogP contribution in [0.2, 0.25) is 0 Å². The van der Waals surface area contributed by atoms with Crippen molar-refractivity contribution in [1.82, 2.24) is 4.98 Å². The van der Waals surface area contributed by atoms with Crippen LogP contribution in [0, 0.1) is 6.92 Å². The van der Waals surface area contributed by atoms with Gasteiger partial charge in [0.15, 0.2) is 5.13 Å². The Morgan fingerprint density at radius 1 is 1.44 bits per heavy atom. The molecule has 5 heteroatoms. The highest BCUT2D eigenvalue weighted by molar-refractivity contribution is 7.15. The Morgan fingerprint density at radius 2 is 2.12 bits per heavy atom. The van der Waals surface area contributed by atoms with Crippen LogP contribution in [-0.2, 0) is 0 Å². The Bertz CT molecular complexity index is 347. The van der Waals surface area contributed by atoms with Crippen LogP contribution in [0.3, 0.4) is 0 Å². The molecule has 1 atom stereocenters. The van der Waals surface area contributed by atoms with Gasteiger partial charge in [-0.25, -0.2) is 4.98 Å². The SMILES string of the molecule is Cc1nc(N2CCCCC2)sc1C(N)CO. The summed E-state index contributed by atoms with van der Waals surface area (Å²) in [4.78, 5) is 7.90. The molecular weight excluding hydrogens is 222 g/mol. The topological polar surface area (TPSA) is 62.4 Å². The molecule has 1 aromatic heterocycles. The van der Waals surface area contributed by atoms with Gasteiger partial charge in [-0.2, -0.15) is 0 Å². The van der Waals surface area contributed by atoms with E-state index in [1.165, 1.54) is 19.3 Å². The summed E-state index contributed by atoms with van der Waals surface area (Å²) < 4.78 is 0. The zero-order chi connectivity index (χ0) is 11.5. The lowest BCUT2D eigenvalue weighted by Crippen LogP contribution is -2.29. The van der Waals surface area contributed by atoms with Gasteiger partial charge in [0, 0.05) is 18.0 Å². The van der Waals surface area contributed by atoms with Crippen molar-refractivity contribution in [2.45, 2.75) is 32.2 Å². The van der Waals surface area contributed by atoms with E-state index in [1.807, 2.05) is 6.92 Å². The number of nitrogens with zero attached hydrogens (tertiary/aromatic N) is 2. The third-order valence-corrected chi connectivity index (χ3v) is 4.33. The first-order valence-electron chi connectivity index (χ1n) is 5.81. The number of aliphatic hydroxyl groups excluding tert-OH is 1. The van der Waals surface area contributed by atoms with E-state index in [0.717, 1.165) is 28.8 Å². The van der Waals surface area contributed by atoms with Gasteiger partial charge in [0.1, 0.15) is 0 Å². The van der Waals surface area contributed by atoms with E-state index in [-0.39, 0.29) is 12.6 Å². The van der Waals surface area contributed by atoms with Crippen molar-refractivity contribution in [3.63, 3.8) is 0 Å². The van der Waals surface area contributed by atoms with Gasteiger partial charge < -0.3 is 15.7 Å². The van der Waals surface area contributed by atoms with Crippen LogP contribution in [0.15, 0.2) is 0 Å². The molecule has 90 valence electrons. The van der Waals surface area contributed by atoms with Crippen molar-refractivity contribution in [2.75, 3.05) is 24.6 Å². The van der Waals surface area contributed by atoms with Crippen LogP contribution in [0.1, 0.15) is 35.9 Å². The number of thiazole rings is 1. The van der Waals surface area contributed by atoms with Crippen LogP contribution in [0.5, 0.6) is 0 Å². The lowest BCUT2D eigenvalue weighted by molar-refractivity contribution is 0.269. The minimum Gasteiger partial charge on any atom is -0.394 e. The highest BCUT2D eigenvalue weighted by Gasteiger charge is 2.19. The van der Waals surface area contributed by atoms with Gasteiger partial charge in [-0.15, -0.1) is 0 Å². The van der Waals surface area contributed by atoms with Crippen LogP contribution in [0.4, 0.5) is 5.13 Å². The maximum absolute atomic E-state index is 9.07. The second kappa shape index (κ2) is 5.12. The lowest BCUT2D eigenvalue weighted by Gasteiger charge is -2.25. The van der Waals surface area contributed by atoms with Crippen LogP contribution in [0.25, 0.3) is 0 Å². The smallest absolute Gasteiger partial charge is 0.185 e. The Labute approximate surface area is 100 Å². The number of aryl methyl sites for hydroxylation is 1. The molecule has 0 saturated carbocycles. The number of aliphatic hydroxyl groups is 1. The molecule has 0 bridgehead atoms. The van der Waals surface area contributed by atoms with E-state index in [1.54, 1.807) is 11.3 Å². The van der Waals surface area contributed by atoms with Crippen molar-refractivity contribution in [1.29, 1.82) is 0 Å². The van der Waals surface area contributed by atoms with Crippen molar-refractivity contribution >= 4 is 16.5 Å². The van der Waals surface area contributed by atoms with Crippen molar-refractivity contribution in [2.24, 2.45) is 5.73 Å². The minimum absolute atomic E-state index is 0.0114. The molecule has 0 aliphatic carbocycles. The molecule has 1 unspecified atom stereocenters. The molecular formula is C11H19N3OS. The quantitative estimate of drug-likeness (QED) is 0.840. The fourth-order valence-electron chi connectivity index (χ4n) is 2.04. The fraction of sp³-hybridized carbons (Fsp3) is 0.727. The average molecular weight is 241 g/mol. The number of aromatic nitrogens is 1. The molecule has 2 rings (SSSR count). The molecule has 3 N–H and O–H groups in total. The van der Waals surface area contributed by atoms with Crippen molar-refractivity contribution in [3.8, 4) is 0 Å². The Morgan fingerprint density at radius 3 is 2.75 bits per heavy atom. The zero-order valence-electron chi connectivity index (χ0n) is 9.65. The molecule has 1 aliphatic heterocycles. The number of anilines is 1. The van der Waals surface area contributed by atoms with E-state index in [9.17, 15) is 0 Å². The van der Waals surface area contributed by atoms with E-state index >= 15 is 0 Å². The fourth-order valence-corrected chi connectivity index (χ4v) is 3.15. The van der Waals surface area contributed by atoms with Gasteiger partial charge in [-0.1, -0.05) is 11.3 Å². The summed E-state index contributed by atoms with van der Waals surface area (Å²) in [5.41, 5.74) is 6.80. The van der Waals surface area contributed by atoms with E-state index in [2.05, 4.69) is 9.88 Å². The number of rotatable bonds is 3. The monoisotopic (exact) mass is 241 g/mol. The van der Waals surface area contributed by atoms with Gasteiger partial charge in [0.05, 0.1) is 18.3 Å². The van der Waals surface area contributed by atoms with Gasteiger partial charge in [-0.3, -0.25) is 0 Å². The van der Waals surface area contributed by atoms with Crippen LogP contribution < -0.4 is 10.6 Å². The molecule has 1 aliphatic rings. The summed E-state index contributed by atoms with van der Waals surface area (Å²) in [6.45, 7) is 4.15. The largest absolute Gasteiger partial charge is 0.394 e. The highest BCUT2D eigenvalue weighted by atomic mass is 32.1. The molecule has 16 heavy (non-hydrogen) atoms. The zero-order valence-corrected chi connectivity index (χ0v) is 10.5. The summed E-state index contributed by atoms with van der Waals surface area (Å²) in [7, 11) is 0. The number of piperidine rings is 1. The van der Waals surface area contributed by atoms with E-state index < -0.39 is 0 Å². The average Bonchev–Trinajstić information content (AvgIpc) is 2.71. The molecule has 0 spiro atoms. The second-order valence-electron chi connectivity index (χ2n) is 4.28. The predicted molar refractivity (Wildman–Crippen MR) is 66.9 cm³/mol. The number of hydrogen-bond acceptors (Lipinski definition) is 5. The van der Waals surface area contributed by atoms with Gasteiger partial charge in [0.2, 0.25) is 0 Å². The maximum Gasteiger partial charge on any atom is 0.185 e. The summed E-state index contributed by atoms with van der Waals surface area (Å²) in [5.74, 6) is 0. The minimum atomic E-state index is -0.281. The Hall–Kier alpha value is -0.650. The summed E-state index contributed by atoms with van der Waals surface area (Å²) in [5, 5.41) is 10.1. The molecule has 1 fully saturated rings. The first-order chi connectivity index (χ1) is 7.72. The first kappa shape index (κ1) is 11.8. The predicted octanol–water partition coefficient (Wildman–Crippen LogP) is 1.43. The Kier molecular flexibility index (Phi) is 3.78. The van der Waals surface area contributed by atoms with E-state index in [0.29, 0.717) is 0 Å². The number of hydrogen-bond donors (Lipinski definition) is 2. The summed E-state index contributed by atoms with van der Waals surface area (Å²) in [6.07, 6.45) is 3.82. The molecule has 4 nitrogen and oxygen atoms in total. The van der Waals surface area contributed by atoms with E-state index in [4.69, 9.17) is 10.8 Å². The normalized spacial score (nSPS) is 18.8. The standard InChI is InChI=1S/C11H19N3OS/c1-8-10(9(12)7-15)16-11(13-8)14-5-3-2-4-6-14/h9,15H,2-7,12H2,1H3. The Balaban J connectivity index is 2.16. The van der Waals surface area contributed by atoms with Crippen LogP contribution in [-0.4, -0.2) is 29.8 Å². The molecule has 2 heterocycles. The highest BCUT2D eigenvalue weighted by Crippen LogP contribution is 2.31. The maximum atomic E-state index is 9.07. The number of nitrogens with two attached hydrogens (primary N) is 1. The van der Waals surface area contributed by atoms with Gasteiger partial charge >= 0.3 is 0 Å². The first-order valence-corrected chi connectivity index (χ1v) is 6.62. The van der Waals surface area contributed by atoms with Crippen molar-refractivity contribution in [3.05, 3.63) is 10.6 Å². The summed E-state index contributed by atoms with van der Waals surface area (Å²) >= 11 is 1.63. The molecule has 0 radical (unpaired) electrons.